The van der Waals surface area contributed by atoms with Gasteiger partial charge >= 0.3 is 0 Å². The third-order valence-corrected chi connectivity index (χ3v) is 5.38. The minimum Gasteiger partial charge on any atom is -0.493 e. The van der Waals surface area contributed by atoms with Crippen molar-refractivity contribution in [2.45, 2.75) is 19.4 Å². The van der Waals surface area contributed by atoms with E-state index in [1.165, 1.54) is 6.20 Å². The number of pyridine rings is 1. The van der Waals surface area contributed by atoms with Gasteiger partial charge in [-0.15, -0.1) is 0 Å². The first-order valence-electron chi connectivity index (χ1n) is 10.1. The van der Waals surface area contributed by atoms with Gasteiger partial charge in [-0.25, -0.2) is 4.98 Å². The summed E-state index contributed by atoms with van der Waals surface area (Å²) in [4.78, 5) is 31.1. The van der Waals surface area contributed by atoms with Crippen molar-refractivity contribution in [2.75, 3.05) is 39.2 Å². The first kappa shape index (κ1) is 22.8. The zero-order valence-electron chi connectivity index (χ0n) is 17.7. The van der Waals surface area contributed by atoms with Crippen molar-refractivity contribution in [3.8, 4) is 11.5 Å². The van der Waals surface area contributed by atoms with Gasteiger partial charge in [0.1, 0.15) is 5.82 Å². The van der Waals surface area contributed by atoms with Crippen LogP contribution in [0.2, 0.25) is 5.02 Å². The standard InChI is InChI=1S/C22H27ClN4O4/c1-30-18-7-5-15(10-19(18)31-2)11-25-21(28)14-27-9-3-4-16(13-27)22(29)26-20-8-6-17(23)12-24-20/h5-8,10,12,16H,3-4,9,11,13-14H2,1-2H3,(H,25,28)(H,24,26,29). The van der Waals surface area contributed by atoms with Crippen LogP contribution >= 0.6 is 11.6 Å². The normalized spacial score (nSPS) is 16.4. The third-order valence-electron chi connectivity index (χ3n) is 5.16. The summed E-state index contributed by atoms with van der Waals surface area (Å²) in [6.07, 6.45) is 3.13. The molecule has 3 rings (SSSR count). The summed E-state index contributed by atoms with van der Waals surface area (Å²) < 4.78 is 10.5. The summed E-state index contributed by atoms with van der Waals surface area (Å²) in [6.45, 7) is 1.95. The average molecular weight is 447 g/mol. The van der Waals surface area contributed by atoms with Gasteiger partial charge in [0.2, 0.25) is 11.8 Å². The van der Waals surface area contributed by atoms with E-state index in [9.17, 15) is 9.59 Å². The second-order valence-electron chi connectivity index (χ2n) is 7.39. The Kier molecular flexibility index (Phi) is 8.08. The number of anilines is 1. The molecule has 2 heterocycles. The first-order chi connectivity index (χ1) is 15.0. The number of hydrogen-bond acceptors (Lipinski definition) is 6. The number of hydrogen-bond donors (Lipinski definition) is 2. The quantitative estimate of drug-likeness (QED) is 0.647. The molecule has 1 aliphatic heterocycles. The molecule has 0 spiro atoms. The molecular formula is C22H27ClN4O4. The van der Waals surface area contributed by atoms with Gasteiger partial charge < -0.3 is 20.1 Å². The van der Waals surface area contributed by atoms with Crippen molar-refractivity contribution in [2.24, 2.45) is 5.92 Å². The van der Waals surface area contributed by atoms with Crippen molar-refractivity contribution in [1.29, 1.82) is 0 Å². The second kappa shape index (κ2) is 11.0. The molecule has 1 aromatic heterocycles. The Labute approximate surface area is 186 Å². The van der Waals surface area contributed by atoms with E-state index in [2.05, 4.69) is 15.6 Å². The largest absolute Gasteiger partial charge is 0.493 e. The molecule has 1 saturated heterocycles. The van der Waals surface area contributed by atoms with Crippen LogP contribution in [0.3, 0.4) is 0 Å². The van der Waals surface area contributed by atoms with Crippen molar-refractivity contribution < 1.29 is 19.1 Å². The number of likely N-dealkylation sites (tertiary alicyclic amines) is 1. The lowest BCUT2D eigenvalue weighted by Gasteiger charge is -2.31. The van der Waals surface area contributed by atoms with Crippen LogP contribution < -0.4 is 20.1 Å². The molecule has 0 aliphatic carbocycles. The molecule has 2 amide bonds. The molecule has 2 N–H and O–H groups in total. The maximum absolute atomic E-state index is 12.6. The zero-order chi connectivity index (χ0) is 22.2. The predicted octanol–water partition coefficient (Wildman–Crippen LogP) is 2.72. The van der Waals surface area contributed by atoms with Gasteiger partial charge in [-0.05, 0) is 49.2 Å². The van der Waals surface area contributed by atoms with Crippen molar-refractivity contribution in [3.05, 3.63) is 47.1 Å². The first-order valence-corrected chi connectivity index (χ1v) is 10.5. The number of nitrogens with zero attached hydrogens (tertiary/aromatic N) is 2. The maximum atomic E-state index is 12.6. The van der Waals surface area contributed by atoms with Crippen LogP contribution in [-0.2, 0) is 16.1 Å². The van der Waals surface area contributed by atoms with E-state index in [-0.39, 0.29) is 24.3 Å². The lowest BCUT2D eigenvalue weighted by molar-refractivity contribution is -0.125. The fraction of sp³-hybridized carbons (Fsp3) is 0.409. The summed E-state index contributed by atoms with van der Waals surface area (Å²) in [7, 11) is 3.16. The zero-order valence-corrected chi connectivity index (χ0v) is 18.4. The number of aromatic nitrogens is 1. The number of ether oxygens (including phenoxy) is 2. The van der Waals surface area contributed by atoms with Crippen LogP contribution in [-0.4, -0.2) is 55.6 Å². The van der Waals surface area contributed by atoms with Crippen molar-refractivity contribution in [3.63, 3.8) is 0 Å². The van der Waals surface area contributed by atoms with Crippen LogP contribution in [0.15, 0.2) is 36.5 Å². The highest BCUT2D eigenvalue weighted by Gasteiger charge is 2.27. The van der Waals surface area contributed by atoms with Gasteiger partial charge in [0, 0.05) is 19.3 Å². The van der Waals surface area contributed by atoms with Gasteiger partial charge in [-0.2, -0.15) is 0 Å². The van der Waals surface area contributed by atoms with Crippen LogP contribution in [0, 0.1) is 5.92 Å². The number of methoxy groups -OCH3 is 2. The van der Waals surface area contributed by atoms with E-state index < -0.39 is 0 Å². The van der Waals surface area contributed by atoms with Crippen LogP contribution in [0.5, 0.6) is 11.5 Å². The Balaban J connectivity index is 1.47. The number of carbonyl (C=O) groups excluding carboxylic acids is 2. The number of piperidine rings is 1. The average Bonchev–Trinajstić information content (AvgIpc) is 2.79. The monoisotopic (exact) mass is 446 g/mol. The van der Waals surface area contributed by atoms with Crippen LogP contribution in [0.25, 0.3) is 0 Å². The molecule has 166 valence electrons. The molecule has 31 heavy (non-hydrogen) atoms. The number of halogens is 1. The third kappa shape index (κ3) is 6.57. The Morgan fingerprint density at radius 3 is 2.71 bits per heavy atom. The van der Waals surface area contributed by atoms with Crippen molar-refractivity contribution >= 4 is 29.2 Å². The summed E-state index contributed by atoms with van der Waals surface area (Å²) >= 11 is 5.83. The number of carbonyl (C=O) groups is 2. The molecule has 1 atom stereocenters. The van der Waals surface area contributed by atoms with E-state index in [1.807, 2.05) is 23.1 Å². The molecular weight excluding hydrogens is 420 g/mol. The number of amides is 2. The van der Waals surface area contributed by atoms with E-state index >= 15 is 0 Å². The lowest BCUT2D eigenvalue weighted by atomic mass is 9.97. The number of nitrogens with one attached hydrogen (secondary N) is 2. The molecule has 1 fully saturated rings. The van der Waals surface area contributed by atoms with Gasteiger partial charge in [-0.1, -0.05) is 17.7 Å². The van der Waals surface area contributed by atoms with Gasteiger partial charge in [0.05, 0.1) is 31.7 Å². The molecule has 1 aliphatic rings. The Hall–Kier alpha value is -2.84. The van der Waals surface area contributed by atoms with Gasteiger partial charge in [0.15, 0.2) is 11.5 Å². The van der Waals surface area contributed by atoms with E-state index in [1.54, 1.807) is 26.4 Å². The summed E-state index contributed by atoms with van der Waals surface area (Å²) in [5.74, 6) is 1.36. The topological polar surface area (TPSA) is 92.8 Å². The fourth-order valence-corrected chi connectivity index (χ4v) is 3.65. The molecule has 0 saturated carbocycles. The number of benzene rings is 1. The van der Waals surface area contributed by atoms with E-state index in [0.717, 1.165) is 24.9 Å². The van der Waals surface area contributed by atoms with Crippen molar-refractivity contribution in [1.82, 2.24) is 15.2 Å². The van der Waals surface area contributed by atoms with Gasteiger partial charge in [-0.3, -0.25) is 14.5 Å². The smallest absolute Gasteiger partial charge is 0.234 e. The fourth-order valence-electron chi connectivity index (χ4n) is 3.54. The second-order valence-corrected chi connectivity index (χ2v) is 7.83. The SMILES string of the molecule is COc1ccc(CNC(=O)CN2CCCC(C(=O)Nc3ccc(Cl)cn3)C2)cc1OC. The molecule has 8 nitrogen and oxygen atoms in total. The summed E-state index contributed by atoms with van der Waals surface area (Å²) in [5.41, 5.74) is 0.914. The Morgan fingerprint density at radius 1 is 1.19 bits per heavy atom. The van der Waals surface area contributed by atoms with Gasteiger partial charge in [0.25, 0.3) is 0 Å². The highest BCUT2D eigenvalue weighted by Crippen LogP contribution is 2.27. The molecule has 0 radical (unpaired) electrons. The van der Waals surface area contributed by atoms with E-state index in [4.69, 9.17) is 21.1 Å². The Bertz CT molecular complexity index is 907. The molecule has 0 bridgehead atoms. The Morgan fingerprint density at radius 2 is 2.00 bits per heavy atom. The maximum Gasteiger partial charge on any atom is 0.234 e. The minimum atomic E-state index is -0.190. The van der Waals surface area contributed by atoms with Crippen LogP contribution in [0.1, 0.15) is 18.4 Å². The van der Waals surface area contributed by atoms with E-state index in [0.29, 0.717) is 35.4 Å². The number of rotatable bonds is 8. The molecule has 1 aromatic carbocycles. The highest BCUT2D eigenvalue weighted by atomic mass is 35.5. The molecule has 1 unspecified atom stereocenters. The molecule has 9 heteroatoms. The molecule has 2 aromatic rings. The minimum absolute atomic E-state index is 0.0878. The summed E-state index contributed by atoms with van der Waals surface area (Å²) in [5, 5.41) is 6.26. The predicted molar refractivity (Wildman–Crippen MR) is 118 cm³/mol. The van der Waals surface area contributed by atoms with Crippen LogP contribution in [0.4, 0.5) is 5.82 Å². The summed E-state index contributed by atoms with van der Waals surface area (Å²) in [6, 6.07) is 8.88. The highest BCUT2D eigenvalue weighted by molar-refractivity contribution is 6.30. The lowest BCUT2D eigenvalue weighted by Crippen LogP contribution is -2.45.